The smallest absolute Gasteiger partial charge is 0.257 e. The van der Waals surface area contributed by atoms with E-state index in [2.05, 4.69) is 20.5 Å². The van der Waals surface area contributed by atoms with Gasteiger partial charge >= 0.3 is 0 Å². The number of hydrogen-bond donors (Lipinski definition) is 0. The minimum absolute atomic E-state index is 0.578. The summed E-state index contributed by atoms with van der Waals surface area (Å²) in [7, 11) is 0. The Morgan fingerprint density at radius 1 is 1.00 bits per heavy atom. The second kappa shape index (κ2) is 5.61. The highest BCUT2D eigenvalue weighted by Crippen LogP contribution is 2.25. The van der Waals surface area contributed by atoms with E-state index in [1.54, 1.807) is 4.68 Å². The zero-order chi connectivity index (χ0) is 14.8. The van der Waals surface area contributed by atoms with Crippen LogP contribution in [0.2, 0.25) is 0 Å². The summed E-state index contributed by atoms with van der Waals surface area (Å²) in [4.78, 5) is 4.43. The minimum atomic E-state index is 0.578. The molecule has 0 N–H and O–H groups in total. The first-order valence-corrected chi connectivity index (χ1v) is 7.70. The predicted molar refractivity (Wildman–Crippen MR) is 82.7 cm³/mol. The van der Waals surface area contributed by atoms with Gasteiger partial charge in [0.1, 0.15) is 5.52 Å². The summed E-state index contributed by atoms with van der Waals surface area (Å²) in [5, 5.41) is 12.5. The van der Waals surface area contributed by atoms with Crippen molar-refractivity contribution in [2.45, 2.75) is 11.0 Å². The molecule has 7 heteroatoms. The summed E-state index contributed by atoms with van der Waals surface area (Å²) in [5.74, 6) is 1.33. The molecular weight excluding hydrogens is 298 g/mol. The SMILES string of the molecule is c1ccc(-n2nnnc2CSc2nc3ccccc3o2)cc1. The van der Waals surface area contributed by atoms with Gasteiger partial charge in [0, 0.05) is 0 Å². The molecule has 4 rings (SSSR count). The summed E-state index contributed by atoms with van der Waals surface area (Å²) in [5.41, 5.74) is 2.57. The third-order valence-electron chi connectivity index (χ3n) is 3.13. The fourth-order valence-corrected chi connectivity index (χ4v) is 2.85. The largest absolute Gasteiger partial charge is 0.431 e. The van der Waals surface area contributed by atoms with Gasteiger partial charge < -0.3 is 4.42 Å². The van der Waals surface area contributed by atoms with E-state index < -0.39 is 0 Å². The molecule has 0 bridgehead atoms. The predicted octanol–water partition coefficient (Wildman–Crippen LogP) is 3.10. The van der Waals surface area contributed by atoms with Crippen LogP contribution < -0.4 is 0 Å². The molecule has 108 valence electrons. The van der Waals surface area contributed by atoms with Crippen LogP contribution in [0, 0.1) is 0 Å². The van der Waals surface area contributed by atoms with Crippen molar-refractivity contribution in [2.24, 2.45) is 0 Å². The number of hydrogen-bond acceptors (Lipinski definition) is 6. The number of fused-ring (bicyclic) bond motifs is 1. The van der Waals surface area contributed by atoms with Gasteiger partial charge in [0.05, 0.1) is 11.4 Å². The topological polar surface area (TPSA) is 69.6 Å². The van der Waals surface area contributed by atoms with E-state index in [0.29, 0.717) is 11.0 Å². The Morgan fingerprint density at radius 3 is 2.68 bits per heavy atom. The highest BCUT2D eigenvalue weighted by atomic mass is 32.2. The molecule has 0 aliphatic rings. The van der Waals surface area contributed by atoms with Crippen molar-refractivity contribution < 1.29 is 4.42 Å². The summed E-state index contributed by atoms with van der Waals surface area (Å²) in [6, 6.07) is 17.5. The van der Waals surface area contributed by atoms with Crippen LogP contribution in [0.3, 0.4) is 0 Å². The summed E-state index contributed by atoms with van der Waals surface area (Å²) in [6.07, 6.45) is 0. The van der Waals surface area contributed by atoms with Gasteiger partial charge in [-0.2, -0.15) is 4.68 Å². The molecule has 4 aromatic rings. The second-order valence-corrected chi connectivity index (χ2v) is 5.51. The van der Waals surface area contributed by atoms with Gasteiger partial charge in [0.2, 0.25) is 0 Å². The molecule has 0 fully saturated rings. The van der Waals surface area contributed by atoms with E-state index >= 15 is 0 Å². The molecule has 2 heterocycles. The fourth-order valence-electron chi connectivity index (χ4n) is 2.10. The van der Waals surface area contributed by atoms with Crippen LogP contribution in [-0.2, 0) is 5.75 Å². The first-order valence-electron chi connectivity index (χ1n) is 6.71. The van der Waals surface area contributed by atoms with Gasteiger partial charge in [-0.15, -0.1) is 5.10 Å². The molecule has 2 aromatic carbocycles. The number of oxazole rings is 1. The van der Waals surface area contributed by atoms with Crippen molar-refractivity contribution in [2.75, 3.05) is 0 Å². The average Bonchev–Trinajstić information content (AvgIpc) is 3.20. The summed E-state index contributed by atoms with van der Waals surface area (Å²) < 4.78 is 7.40. The Hall–Kier alpha value is -2.67. The van der Waals surface area contributed by atoms with Gasteiger partial charge in [-0.05, 0) is 34.7 Å². The molecule has 2 aromatic heterocycles. The maximum absolute atomic E-state index is 5.69. The van der Waals surface area contributed by atoms with Gasteiger partial charge in [-0.1, -0.05) is 42.1 Å². The number of nitrogens with zero attached hydrogens (tertiary/aromatic N) is 5. The third kappa shape index (κ3) is 2.46. The lowest BCUT2D eigenvalue weighted by Crippen LogP contribution is -2.01. The van der Waals surface area contributed by atoms with Crippen LogP contribution >= 0.6 is 11.8 Å². The van der Waals surface area contributed by atoms with Gasteiger partial charge in [0.15, 0.2) is 11.4 Å². The molecule has 0 saturated carbocycles. The maximum Gasteiger partial charge on any atom is 0.257 e. The van der Waals surface area contributed by atoms with Crippen LogP contribution in [0.15, 0.2) is 64.2 Å². The van der Waals surface area contributed by atoms with Crippen LogP contribution in [0.4, 0.5) is 0 Å². The van der Waals surface area contributed by atoms with E-state index in [0.717, 1.165) is 22.6 Å². The van der Waals surface area contributed by atoms with Crippen molar-refractivity contribution in [1.82, 2.24) is 25.2 Å². The van der Waals surface area contributed by atoms with Crippen molar-refractivity contribution in [3.8, 4) is 5.69 Å². The van der Waals surface area contributed by atoms with Gasteiger partial charge in [-0.3, -0.25) is 0 Å². The van der Waals surface area contributed by atoms with Crippen LogP contribution in [0.5, 0.6) is 0 Å². The highest BCUT2D eigenvalue weighted by Gasteiger charge is 2.11. The number of thioether (sulfide) groups is 1. The molecule has 6 nitrogen and oxygen atoms in total. The Morgan fingerprint density at radius 2 is 1.82 bits per heavy atom. The van der Waals surface area contributed by atoms with Crippen LogP contribution in [-0.4, -0.2) is 25.2 Å². The quantitative estimate of drug-likeness (QED) is 0.540. The van der Waals surface area contributed by atoms with E-state index in [4.69, 9.17) is 4.42 Å². The molecule has 0 aliphatic carbocycles. The number of tetrazole rings is 1. The second-order valence-electron chi connectivity index (χ2n) is 4.58. The Kier molecular flexibility index (Phi) is 3.32. The monoisotopic (exact) mass is 309 g/mol. The zero-order valence-electron chi connectivity index (χ0n) is 11.5. The van der Waals surface area contributed by atoms with E-state index in [-0.39, 0.29) is 0 Å². The summed E-state index contributed by atoms with van der Waals surface area (Å²) in [6.45, 7) is 0. The molecule has 0 aliphatic heterocycles. The normalized spacial score (nSPS) is 11.1. The number of aromatic nitrogens is 5. The van der Waals surface area contributed by atoms with Crippen LogP contribution in [0.1, 0.15) is 5.82 Å². The average molecular weight is 309 g/mol. The lowest BCUT2D eigenvalue weighted by atomic mass is 10.3. The fraction of sp³-hybridized carbons (Fsp3) is 0.0667. The molecule has 0 amide bonds. The first kappa shape index (κ1) is 13.0. The first-order chi connectivity index (χ1) is 10.9. The van der Waals surface area contributed by atoms with Crippen molar-refractivity contribution in [3.05, 3.63) is 60.4 Å². The van der Waals surface area contributed by atoms with E-state index in [1.165, 1.54) is 11.8 Å². The van der Waals surface area contributed by atoms with E-state index in [1.807, 2.05) is 54.6 Å². The molecule has 0 saturated heterocycles. The van der Waals surface area contributed by atoms with Crippen LogP contribution in [0.25, 0.3) is 16.8 Å². The Bertz CT molecular complexity index is 869. The Balaban J connectivity index is 1.56. The van der Waals surface area contributed by atoms with E-state index in [9.17, 15) is 0 Å². The number of rotatable bonds is 4. The Labute approximate surface area is 130 Å². The molecular formula is C15H11N5OS. The molecule has 22 heavy (non-hydrogen) atoms. The number of benzene rings is 2. The van der Waals surface area contributed by atoms with Crippen molar-refractivity contribution in [3.63, 3.8) is 0 Å². The van der Waals surface area contributed by atoms with Gasteiger partial charge in [0.25, 0.3) is 5.22 Å². The standard InChI is InChI=1S/C15H11N5OS/c1-2-6-11(7-3-1)20-14(17-18-19-20)10-22-15-16-12-8-4-5-9-13(12)21-15/h1-9H,10H2. The minimum Gasteiger partial charge on any atom is -0.431 e. The molecule has 0 unspecified atom stereocenters. The summed E-state index contributed by atoms with van der Waals surface area (Å²) >= 11 is 1.47. The third-order valence-corrected chi connectivity index (χ3v) is 3.96. The zero-order valence-corrected chi connectivity index (χ0v) is 12.3. The van der Waals surface area contributed by atoms with Crippen molar-refractivity contribution >= 4 is 22.9 Å². The lowest BCUT2D eigenvalue weighted by molar-refractivity contribution is 0.489. The molecule has 0 atom stereocenters. The number of para-hydroxylation sites is 3. The highest BCUT2D eigenvalue weighted by molar-refractivity contribution is 7.98. The molecule has 0 radical (unpaired) electrons. The van der Waals surface area contributed by atoms with Gasteiger partial charge in [-0.25, -0.2) is 4.98 Å². The molecule has 0 spiro atoms. The maximum atomic E-state index is 5.69. The lowest BCUT2D eigenvalue weighted by Gasteiger charge is -2.02. The van der Waals surface area contributed by atoms with Crippen molar-refractivity contribution in [1.29, 1.82) is 0 Å².